The van der Waals surface area contributed by atoms with E-state index in [-0.39, 0.29) is 16.4 Å². The number of hydrogen-bond donors (Lipinski definition) is 1. The SMILES string of the molecule is CCCCn1c(SCC(=O)c2ccc3c(c2)OCCO3)nc2cc(S(N)(=O)=O)ccc21. The van der Waals surface area contributed by atoms with Gasteiger partial charge in [0.2, 0.25) is 10.0 Å². The van der Waals surface area contributed by atoms with Crippen molar-refractivity contribution in [1.29, 1.82) is 0 Å². The van der Waals surface area contributed by atoms with Gasteiger partial charge in [0.25, 0.3) is 0 Å². The number of unbranched alkanes of at least 4 members (excludes halogenated alkanes) is 1. The first-order chi connectivity index (χ1) is 14.9. The molecule has 0 unspecified atom stereocenters. The second kappa shape index (κ2) is 8.89. The van der Waals surface area contributed by atoms with E-state index in [1.165, 1.54) is 23.9 Å². The van der Waals surface area contributed by atoms with E-state index in [2.05, 4.69) is 11.9 Å². The zero-order chi connectivity index (χ0) is 22.0. The lowest BCUT2D eigenvalue weighted by Crippen LogP contribution is -2.16. The molecular formula is C21H23N3O5S2. The lowest BCUT2D eigenvalue weighted by Gasteiger charge is -2.18. The number of primary sulfonamides is 1. The minimum absolute atomic E-state index is 0.0176. The molecule has 8 nitrogen and oxygen atoms in total. The molecule has 164 valence electrons. The summed E-state index contributed by atoms with van der Waals surface area (Å²) in [7, 11) is -3.82. The number of carbonyl (C=O) groups excluding carboxylic acids is 1. The number of sulfonamides is 1. The monoisotopic (exact) mass is 461 g/mol. The highest BCUT2D eigenvalue weighted by molar-refractivity contribution is 7.99. The van der Waals surface area contributed by atoms with E-state index in [1.807, 2.05) is 4.57 Å². The zero-order valence-corrected chi connectivity index (χ0v) is 18.7. The minimum Gasteiger partial charge on any atom is -0.486 e. The lowest BCUT2D eigenvalue weighted by molar-refractivity contribution is 0.102. The number of fused-ring (bicyclic) bond motifs is 2. The maximum atomic E-state index is 12.8. The number of imidazole rings is 1. The number of rotatable bonds is 8. The van der Waals surface area contributed by atoms with Crippen LogP contribution >= 0.6 is 11.8 Å². The Bertz CT molecular complexity index is 1240. The fourth-order valence-electron chi connectivity index (χ4n) is 3.34. The van der Waals surface area contributed by atoms with Gasteiger partial charge < -0.3 is 14.0 Å². The molecule has 3 aromatic rings. The quantitative estimate of drug-likeness (QED) is 0.405. The Morgan fingerprint density at radius 2 is 1.94 bits per heavy atom. The number of aromatic nitrogens is 2. The summed E-state index contributed by atoms with van der Waals surface area (Å²) in [5, 5.41) is 5.92. The van der Waals surface area contributed by atoms with Gasteiger partial charge in [-0.05, 0) is 42.8 Å². The summed E-state index contributed by atoms with van der Waals surface area (Å²) in [6.07, 6.45) is 1.93. The Hall–Kier alpha value is -2.56. The van der Waals surface area contributed by atoms with Gasteiger partial charge in [-0.1, -0.05) is 25.1 Å². The molecule has 31 heavy (non-hydrogen) atoms. The summed E-state index contributed by atoms with van der Waals surface area (Å²) in [5.41, 5.74) is 1.90. The maximum Gasteiger partial charge on any atom is 0.238 e. The number of benzene rings is 2. The highest BCUT2D eigenvalue weighted by Gasteiger charge is 2.18. The summed E-state index contributed by atoms with van der Waals surface area (Å²) < 4.78 is 36.5. The topological polar surface area (TPSA) is 114 Å². The van der Waals surface area contributed by atoms with Crippen molar-refractivity contribution in [1.82, 2.24) is 9.55 Å². The van der Waals surface area contributed by atoms with Crippen LogP contribution in [0.3, 0.4) is 0 Å². The van der Waals surface area contributed by atoms with E-state index in [4.69, 9.17) is 14.6 Å². The first-order valence-electron chi connectivity index (χ1n) is 9.95. The molecule has 0 atom stereocenters. The van der Waals surface area contributed by atoms with Crippen molar-refractivity contribution < 1.29 is 22.7 Å². The van der Waals surface area contributed by atoms with Gasteiger partial charge >= 0.3 is 0 Å². The highest BCUT2D eigenvalue weighted by atomic mass is 32.2. The molecule has 0 aliphatic carbocycles. The fourth-order valence-corrected chi connectivity index (χ4v) is 4.81. The third kappa shape index (κ3) is 4.70. The van der Waals surface area contributed by atoms with Crippen LogP contribution in [-0.4, -0.2) is 42.7 Å². The first kappa shape index (κ1) is 21.7. The third-order valence-electron chi connectivity index (χ3n) is 4.94. The summed E-state index contributed by atoms with van der Waals surface area (Å²) in [6.45, 7) is 3.78. The van der Waals surface area contributed by atoms with Crippen LogP contribution in [-0.2, 0) is 16.6 Å². The predicted molar refractivity (Wildman–Crippen MR) is 119 cm³/mol. The van der Waals surface area contributed by atoms with E-state index in [0.29, 0.717) is 40.9 Å². The number of aryl methyl sites for hydroxylation is 1. The molecule has 0 saturated heterocycles. The van der Waals surface area contributed by atoms with Crippen LogP contribution in [0.4, 0.5) is 0 Å². The first-order valence-corrected chi connectivity index (χ1v) is 12.5. The Kier molecular flexibility index (Phi) is 6.22. The molecule has 2 N–H and O–H groups in total. The normalized spacial score (nSPS) is 13.5. The second-order valence-electron chi connectivity index (χ2n) is 7.17. The van der Waals surface area contributed by atoms with E-state index >= 15 is 0 Å². The van der Waals surface area contributed by atoms with Crippen molar-refractivity contribution in [3.05, 3.63) is 42.0 Å². The van der Waals surface area contributed by atoms with Crippen molar-refractivity contribution in [3.8, 4) is 11.5 Å². The predicted octanol–water partition coefficient (Wildman–Crippen LogP) is 3.23. The number of thioether (sulfide) groups is 1. The summed E-state index contributed by atoms with van der Waals surface area (Å²) in [6, 6.07) is 9.85. The van der Waals surface area contributed by atoms with E-state index in [1.54, 1.807) is 24.3 Å². The molecule has 0 fully saturated rings. The maximum absolute atomic E-state index is 12.8. The fraction of sp³-hybridized carbons (Fsp3) is 0.333. The Morgan fingerprint density at radius 1 is 1.16 bits per heavy atom. The van der Waals surface area contributed by atoms with Gasteiger partial charge in [-0.15, -0.1) is 0 Å². The number of nitrogens with zero attached hydrogens (tertiary/aromatic N) is 2. The number of ketones is 1. The van der Waals surface area contributed by atoms with E-state index in [9.17, 15) is 13.2 Å². The molecule has 2 aromatic carbocycles. The largest absolute Gasteiger partial charge is 0.486 e. The molecule has 0 bridgehead atoms. The number of carbonyl (C=O) groups is 1. The minimum atomic E-state index is -3.82. The van der Waals surface area contributed by atoms with Gasteiger partial charge in [-0.25, -0.2) is 18.5 Å². The van der Waals surface area contributed by atoms with Gasteiger partial charge in [-0.3, -0.25) is 4.79 Å². The van der Waals surface area contributed by atoms with Crippen LogP contribution in [0.25, 0.3) is 11.0 Å². The molecule has 0 spiro atoms. The highest BCUT2D eigenvalue weighted by Crippen LogP contribution is 2.32. The van der Waals surface area contributed by atoms with Gasteiger partial charge in [0, 0.05) is 12.1 Å². The molecule has 1 aromatic heterocycles. The molecule has 4 rings (SSSR count). The number of ether oxygens (including phenoxy) is 2. The number of Topliss-reactive ketones (excluding diaryl/α,β-unsaturated/α-hetero) is 1. The van der Waals surface area contributed by atoms with Gasteiger partial charge in [-0.2, -0.15) is 0 Å². The Morgan fingerprint density at radius 3 is 2.68 bits per heavy atom. The molecule has 0 radical (unpaired) electrons. The van der Waals surface area contributed by atoms with Crippen LogP contribution < -0.4 is 14.6 Å². The van der Waals surface area contributed by atoms with Crippen molar-refractivity contribution in [2.24, 2.45) is 5.14 Å². The smallest absolute Gasteiger partial charge is 0.238 e. The van der Waals surface area contributed by atoms with Crippen LogP contribution in [0.15, 0.2) is 46.5 Å². The van der Waals surface area contributed by atoms with Crippen molar-refractivity contribution in [3.63, 3.8) is 0 Å². The Labute approximate surface area is 184 Å². The number of hydrogen-bond acceptors (Lipinski definition) is 7. The molecule has 10 heteroatoms. The van der Waals surface area contributed by atoms with Crippen LogP contribution in [0.2, 0.25) is 0 Å². The van der Waals surface area contributed by atoms with E-state index < -0.39 is 10.0 Å². The van der Waals surface area contributed by atoms with Crippen LogP contribution in [0, 0.1) is 0 Å². The van der Waals surface area contributed by atoms with Gasteiger partial charge in [0.1, 0.15) is 13.2 Å². The van der Waals surface area contributed by atoms with E-state index in [0.717, 1.165) is 24.9 Å². The molecule has 1 aliphatic heterocycles. The third-order valence-corrected chi connectivity index (χ3v) is 6.83. The Balaban J connectivity index is 1.58. The standard InChI is InChI=1S/C21H23N3O5S2/c1-2-3-8-24-17-6-5-15(31(22,26)27)12-16(17)23-21(24)30-13-18(25)14-4-7-19-20(11-14)29-10-9-28-19/h4-7,11-12H,2-3,8-10,13H2,1H3,(H2,22,26,27). The van der Waals surface area contributed by atoms with Crippen molar-refractivity contribution in [2.75, 3.05) is 19.0 Å². The van der Waals surface area contributed by atoms with Crippen molar-refractivity contribution >= 4 is 38.6 Å². The van der Waals surface area contributed by atoms with Gasteiger partial charge in [0.15, 0.2) is 22.4 Å². The molecule has 0 saturated carbocycles. The second-order valence-corrected chi connectivity index (χ2v) is 9.67. The molecule has 2 heterocycles. The summed E-state index contributed by atoms with van der Waals surface area (Å²) in [5.74, 6) is 1.36. The number of nitrogens with two attached hydrogens (primary N) is 1. The summed E-state index contributed by atoms with van der Waals surface area (Å²) in [4.78, 5) is 17.4. The molecular weight excluding hydrogens is 438 g/mol. The average Bonchev–Trinajstić information content (AvgIpc) is 3.11. The molecule has 1 aliphatic rings. The van der Waals surface area contributed by atoms with Gasteiger partial charge in [0.05, 0.1) is 21.7 Å². The molecule has 0 amide bonds. The van der Waals surface area contributed by atoms with Crippen LogP contribution in [0.5, 0.6) is 11.5 Å². The van der Waals surface area contributed by atoms with Crippen LogP contribution in [0.1, 0.15) is 30.1 Å². The zero-order valence-electron chi connectivity index (χ0n) is 17.0. The summed E-state index contributed by atoms with van der Waals surface area (Å²) >= 11 is 1.33. The van der Waals surface area contributed by atoms with Crippen molar-refractivity contribution in [2.45, 2.75) is 36.4 Å². The average molecular weight is 462 g/mol. The lowest BCUT2D eigenvalue weighted by atomic mass is 10.1.